The first-order valence-corrected chi connectivity index (χ1v) is 5.53. The van der Waals surface area contributed by atoms with Gasteiger partial charge in [-0.25, -0.2) is 0 Å². The summed E-state index contributed by atoms with van der Waals surface area (Å²) in [6.45, 7) is -0.443. The molecule has 1 atom stereocenters. The average Bonchev–Trinajstić information content (AvgIpc) is 2.36. The first-order valence-electron chi connectivity index (χ1n) is 5.53. The molecule has 0 fully saturated rings. The number of carboxylic acids is 1. The molecule has 0 unspecified atom stereocenters. The van der Waals surface area contributed by atoms with E-state index in [2.05, 4.69) is 0 Å². The van der Waals surface area contributed by atoms with Gasteiger partial charge in [0.25, 0.3) is 0 Å². The smallest absolute Gasteiger partial charge is 0.304 e. The monoisotopic (exact) mass is 269 g/mol. The number of benzene rings is 1. The summed E-state index contributed by atoms with van der Waals surface area (Å²) in [5, 5.41) is 19.4. The molecule has 104 valence electrons. The Hall–Kier alpha value is -2.31. The predicted molar refractivity (Wildman–Crippen MR) is 66.4 cm³/mol. The molecule has 0 radical (unpaired) electrons. The minimum atomic E-state index is -1.08. The zero-order chi connectivity index (χ0) is 14.4. The highest BCUT2D eigenvalue weighted by Gasteiger charge is 2.22. The van der Waals surface area contributed by atoms with Crippen LogP contribution in [0.3, 0.4) is 0 Å². The minimum absolute atomic E-state index is 0.309. The summed E-state index contributed by atoms with van der Waals surface area (Å²) in [4.78, 5) is 20.8. The molecule has 0 saturated carbocycles. The Morgan fingerprint density at radius 3 is 2.47 bits per heavy atom. The number of ether oxygens (including phenoxy) is 2. The van der Waals surface area contributed by atoms with Crippen molar-refractivity contribution in [2.45, 2.75) is 12.3 Å². The van der Waals surface area contributed by atoms with Gasteiger partial charge in [-0.1, -0.05) is 6.07 Å². The molecule has 0 aromatic heterocycles. The number of nitro groups is 1. The zero-order valence-corrected chi connectivity index (χ0v) is 10.7. The Kier molecular flexibility index (Phi) is 5.11. The van der Waals surface area contributed by atoms with Gasteiger partial charge in [-0.3, -0.25) is 14.9 Å². The molecule has 0 bridgehead atoms. The van der Waals surface area contributed by atoms with Crippen LogP contribution in [-0.2, 0) is 4.79 Å². The second kappa shape index (κ2) is 6.58. The number of carbonyl (C=O) groups is 1. The lowest BCUT2D eigenvalue weighted by Crippen LogP contribution is -2.16. The van der Waals surface area contributed by atoms with Crippen molar-refractivity contribution < 1.29 is 24.3 Å². The molecular weight excluding hydrogens is 254 g/mol. The number of hydrogen-bond donors (Lipinski definition) is 1. The van der Waals surface area contributed by atoms with Crippen molar-refractivity contribution in [3.63, 3.8) is 0 Å². The third kappa shape index (κ3) is 4.13. The minimum Gasteiger partial charge on any atom is -0.493 e. The molecular formula is C12H15NO6. The highest BCUT2D eigenvalue weighted by atomic mass is 16.6. The molecule has 19 heavy (non-hydrogen) atoms. The maximum absolute atomic E-state index is 10.8. The Labute approximate surface area is 109 Å². The van der Waals surface area contributed by atoms with Gasteiger partial charge in [-0.05, 0) is 17.7 Å². The third-order valence-corrected chi connectivity index (χ3v) is 2.67. The molecule has 0 aliphatic rings. The van der Waals surface area contributed by atoms with Crippen LogP contribution in [0.1, 0.15) is 17.9 Å². The molecule has 1 aromatic rings. The summed E-state index contributed by atoms with van der Waals surface area (Å²) in [5.41, 5.74) is 0.539. The van der Waals surface area contributed by atoms with Crippen molar-refractivity contribution in [3.8, 4) is 11.5 Å². The SMILES string of the molecule is COc1ccc([C@H](CC(=O)O)C[N+](=O)[O-])cc1OC. The van der Waals surface area contributed by atoms with E-state index in [0.29, 0.717) is 17.1 Å². The molecule has 7 nitrogen and oxygen atoms in total. The lowest BCUT2D eigenvalue weighted by atomic mass is 9.95. The first-order chi connectivity index (χ1) is 8.97. The van der Waals surface area contributed by atoms with E-state index in [0.717, 1.165) is 0 Å². The number of hydrogen-bond acceptors (Lipinski definition) is 5. The second-order valence-corrected chi connectivity index (χ2v) is 3.92. The second-order valence-electron chi connectivity index (χ2n) is 3.92. The summed E-state index contributed by atoms with van der Waals surface area (Å²) in [7, 11) is 2.92. The predicted octanol–water partition coefficient (Wildman–Crippen LogP) is 1.54. The van der Waals surface area contributed by atoms with Crippen molar-refractivity contribution in [3.05, 3.63) is 33.9 Å². The van der Waals surface area contributed by atoms with Crippen LogP contribution in [0.2, 0.25) is 0 Å². The van der Waals surface area contributed by atoms with Crippen LogP contribution in [0, 0.1) is 10.1 Å². The van der Waals surface area contributed by atoms with Gasteiger partial charge in [0.2, 0.25) is 6.54 Å². The van der Waals surface area contributed by atoms with Gasteiger partial charge >= 0.3 is 5.97 Å². The molecule has 1 aromatic carbocycles. The fraction of sp³-hybridized carbons (Fsp3) is 0.417. The standard InChI is InChI=1S/C12H15NO6/c1-18-10-4-3-8(5-11(10)19-2)9(6-12(14)15)7-13(16)17/h3-5,9H,6-7H2,1-2H3,(H,14,15)/t9-/m1/s1. The van der Waals surface area contributed by atoms with Crippen LogP contribution in [-0.4, -0.2) is 36.8 Å². The molecule has 0 heterocycles. The summed E-state index contributed by atoms with van der Waals surface area (Å²) in [6, 6.07) is 4.78. The van der Waals surface area contributed by atoms with Crippen molar-refractivity contribution in [1.29, 1.82) is 0 Å². The highest BCUT2D eigenvalue weighted by molar-refractivity contribution is 5.68. The van der Waals surface area contributed by atoms with Gasteiger partial charge in [0, 0.05) is 4.92 Å². The zero-order valence-electron chi connectivity index (χ0n) is 10.7. The summed E-state index contributed by atoms with van der Waals surface area (Å²) < 4.78 is 10.2. The molecule has 0 spiro atoms. The van der Waals surface area contributed by atoms with Gasteiger partial charge in [0.15, 0.2) is 11.5 Å². The number of methoxy groups -OCH3 is 2. The molecule has 7 heteroatoms. The Bertz CT molecular complexity index is 457. The lowest BCUT2D eigenvalue weighted by Gasteiger charge is -2.14. The van der Waals surface area contributed by atoms with E-state index >= 15 is 0 Å². The van der Waals surface area contributed by atoms with E-state index in [1.54, 1.807) is 18.2 Å². The van der Waals surface area contributed by atoms with Crippen LogP contribution < -0.4 is 9.47 Å². The number of aliphatic carboxylic acids is 1. The normalized spacial score (nSPS) is 11.7. The fourth-order valence-electron chi connectivity index (χ4n) is 1.79. The number of nitrogens with zero attached hydrogens (tertiary/aromatic N) is 1. The maximum atomic E-state index is 10.8. The van der Waals surface area contributed by atoms with Crippen LogP contribution in [0.5, 0.6) is 11.5 Å². The van der Waals surface area contributed by atoms with Crippen molar-refractivity contribution in [2.24, 2.45) is 0 Å². The van der Waals surface area contributed by atoms with E-state index in [4.69, 9.17) is 14.6 Å². The average molecular weight is 269 g/mol. The molecule has 1 rings (SSSR count). The molecule has 0 saturated heterocycles. The van der Waals surface area contributed by atoms with E-state index < -0.39 is 23.4 Å². The lowest BCUT2D eigenvalue weighted by molar-refractivity contribution is -0.483. The topological polar surface area (TPSA) is 98.9 Å². The van der Waals surface area contributed by atoms with Crippen molar-refractivity contribution in [1.82, 2.24) is 0 Å². The largest absolute Gasteiger partial charge is 0.493 e. The van der Waals surface area contributed by atoms with Gasteiger partial charge in [-0.2, -0.15) is 0 Å². The molecule has 0 aliphatic carbocycles. The Morgan fingerprint density at radius 2 is 2.00 bits per heavy atom. The van der Waals surface area contributed by atoms with Gasteiger partial charge in [-0.15, -0.1) is 0 Å². The summed E-state index contributed by atoms with van der Waals surface area (Å²) in [5.74, 6) is -0.880. The van der Waals surface area contributed by atoms with Crippen LogP contribution in [0.15, 0.2) is 18.2 Å². The van der Waals surface area contributed by atoms with E-state index in [9.17, 15) is 14.9 Å². The van der Waals surface area contributed by atoms with E-state index in [1.807, 2.05) is 0 Å². The molecule has 1 N–H and O–H groups in total. The first kappa shape index (κ1) is 14.7. The quantitative estimate of drug-likeness (QED) is 0.595. The van der Waals surface area contributed by atoms with Crippen molar-refractivity contribution >= 4 is 5.97 Å². The highest BCUT2D eigenvalue weighted by Crippen LogP contribution is 2.31. The van der Waals surface area contributed by atoms with E-state index in [-0.39, 0.29) is 6.42 Å². The number of carboxylic acid groups (broad SMARTS) is 1. The summed E-state index contributed by atoms with van der Waals surface area (Å²) >= 11 is 0. The van der Waals surface area contributed by atoms with Crippen LogP contribution >= 0.6 is 0 Å². The van der Waals surface area contributed by atoms with Gasteiger partial charge in [0.05, 0.1) is 26.6 Å². The van der Waals surface area contributed by atoms with Crippen LogP contribution in [0.25, 0.3) is 0 Å². The third-order valence-electron chi connectivity index (χ3n) is 2.67. The molecule has 0 aliphatic heterocycles. The van der Waals surface area contributed by atoms with E-state index in [1.165, 1.54) is 14.2 Å². The maximum Gasteiger partial charge on any atom is 0.304 e. The van der Waals surface area contributed by atoms with Gasteiger partial charge < -0.3 is 14.6 Å². The molecule has 0 amide bonds. The van der Waals surface area contributed by atoms with Gasteiger partial charge in [0.1, 0.15) is 0 Å². The van der Waals surface area contributed by atoms with Crippen molar-refractivity contribution in [2.75, 3.05) is 20.8 Å². The Balaban J connectivity index is 3.07. The number of rotatable bonds is 7. The van der Waals surface area contributed by atoms with Crippen LogP contribution in [0.4, 0.5) is 0 Å². The fourth-order valence-corrected chi connectivity index (χ4v) is 1.79. The summed E-state index contributed by atoms with van der Waals surface area (Å²) in [6.07, 6.45) is -0.309. The Morgan fingerprint density at radius 1 is 1.37 bits per heavy atom.